The number of hydrogen-bond donors (Lipinski definition) is 3. The summed E-state index contributed by atoms with van der Waals surface area (Å²) in [5, 5.41) is 18.0. The molecule has 6 nitrogen and oxygen atoms in total. The molecule has 0 unspecified atom stereocenters. The summed E-state index contributed by atoms with van der Waals surface area (Å²) in [7, 11) is -3.87. The summed E-state index contributed by atoms with van der Waals surface area (Å²) in [5.41, 5.74) is 0.276. The first-order chi connectivity index (χ1) is 8.65. The molecule has 106 valence electrons. The normalized spacial score (nSPS) is 13.3. The molecule has 0 saturated heterocycles. The molecule has 0 aliphatic heterocycles. The minimum Gasteiger partial charge on any atom is -0.478 e. The molecule has 1 rings (SSSR count). The number of aliphatic hydroxyl groups is 1. The van der Waals surface area contributed by atoms with Gasteiger partial charge in [-0.2, -0.15) is 0 Å². The number of nitrogens with one attached hydrogen (secondary N) is 1. The highest BCUT2D eigenvalue weighted by atomic mass is 79.9. The molecule has 0 bridgehead atoms. The van der Waals surface area contributed by atoms with Gasteiger partial charge in [0.15, 0.2) is 0 Å². The van der Waals surface area contributed by atoms with Gasteiger partial charge >= 0.3 is 5.97 Å². The maximum atomic E-state index is 12.0. The van der Waals surface area contributed by atoms with Crippen molar-refractivity contribution < 1.29 is 23.4 Å². The zero-order valence-electron chi connectivity index (χ0n) is 10.3. The number of sulfonamides is 1. The molecule has 0 spiro atoms. The Kier molecular flexibility index (Phi) is 5.08. The van der Waals surface area contributed by atoms with E-state index in [0.29, 0.717) is 10.0 Å². The van der Waals surface area contributed by atoms with E-state index >= 15 is 0 Å². The lowest BCUT2D eigenvalue weighted by molar-refractivity contribution is 0.0696. The molecule has 0 radical (unpaired) electrons. The Morgan fingerprint density at radius 1 is 1.47 bits per heavy atom. The van der Waals surface area contributed by atoms with Crippen molar-refractivity contribution in [1.82, 2.24) is 4.72 Å². The van der Waals surface area contributed by atoms with Crippen LogP contribution in [0, 0.1) is 6.92 Å². The van der Waals surface area contributed by atoms with Crippen LogP contribution in [-0.2, 0) is 10.0 Å². The van der Waals surface area contributed by atoms with Crippen molar-refractivity contribution in [1.29, 1.82) is 0 Å². The lowest BCUT2D eigenvalue weighted by atomic mass is 10.1. The van der Waals surface area contributed by atoms with Crippen molar-refractivity contribution in [2.45, 2.75) is 24.8 Å². The highest BCUT2D eigenvalue weighted by Crippen LogP contribution is 2.25. The number of aromatic carboxylic acids is 1. The van der Waals surface area contributed by atoms with Gasteiger partial charge in [-0.25, -0.2) is 17.9 Å². The predicted octanol–water partition coefficient (Wildman–Crippen LogP) is 1.11. The first-order valence-electron chi connectivity index (χ1n) is 5.36. The van der Waals surface area contributed by atoms with E-state index in [2.05, 4.69) is 20.7 Å². The number of carboxylic acid groups (broad SMARTS) is 1. The smallest absolute Gasteiger partial charge is 0.335 e. The molecular formula is C11H14BrNO5S. The minimum absolute atomic E-state index is 0.125. The Balaban J connectivity index is 3.29. The van der Waals surface area contributed by atoms with Gasteiger partial charge in [0.05, 0.1) is 16.6 Å². The van der Waals surface area contributed by atoms with Gasteiger partial charge in [0.25, 0.3) is 0 Å². The topological polar surface area (TPSA) is 104 Å². The van der Waals surface area contributed by atoms with Crippen LogP contribution in [-0.4, -0.2) is 37.2 Å². The summed E-state index contributed by atoms with van der Waals surface area (Å²) in [6.07, 6.45) is -0.832. The van der Waals surface area contributed by atoms with Crippen molar-refractivity contribution >= 4 is 31.9 Å². The molecule has 0 saturated carbocycles. The fraction of sp³-hybridized carbons (Fsp3) is 0.364. The van der Waals surface area contributed by atoms with Crippen molar-refractivity contribution in [3.05, 3.63) is 27.7 Å². The maximum absolute atomic E-state index is 12.0. The second kappa shape index (κ2) is 6.00. The third-order valence-corrected chi connectivity index (χ3v) is 4.78. The second-order valence-electron chi connectivity index (χ2n) is 4.09. The summed E-state index contributed by atoms with van der Waals surface area (Å²) in [6, 6.07) is 2.43. The van der Waals surface area contributed by atoms with Crippen LogP contribution in [0.3, 0.4) is 0 Å². The van der Waals surface area contributed by atoms with E-state index < -0.39 is 22.1 Å². The van der Waals surface area contributed by atoms with E-state index in [4.69, 9.17) is 10.2 Å². The molecule has 0 heterocycles. The van der Waals surface area contributed by atoms with Gasteiger partial charge in [0.1, 0.15) is 0 Å². The second-order valence-corrected chi connectivity index (χ2v) is 6.68. The largest absolute Gasteiger partial charge is 0.478 e. The standard InChI is InChI=1S/C11H14BrNO5S/c1-6(14)5-13-19(17,18)10-4-8(11(15)16)3-9(12)7(10)2/h3-4,6,13-14H,5H2,1-2H3,(H,15,16)/t6-/m1/s1. The predicted molar refractivity (Wildman–Crippen MR) is 72.7 cm³/mol. The van der Waals surface area contributed by atoms with Crippen molar-refractivity contribution in [2.75, 3.05) is 6.54 Å². The first kappa shape index (κ1) is 16.1. The molecular weight excluding hydrogens is 338 g/mol. The van der Waals surface area contributed by atoms with Crippen molar-refractivity contribution in [3.8, 4) is 0 Å². The first-order valence-corrected chi connectivity index (χ1v) is 7.64. The maximum Gasteiger partial charge on any atom is 0.335 e. The van der Waals surface area contributed by atoms with E-state index in [1.165, 1.54) is 13.0 Å². The van der Waals surface area contributed by atoms with E-state index in [0.717, 1.165) is 6.07 Å². The minimum atomic E-state index is -3.87. The number of aliphatic hydroxyl groups excluding tert-OH is 1. The van der Waals surface area contributed by atoms with Gasteiger partial charge in [-0.3, -0.25) is 0 Å². The van der Waals surface area contributed by atoms with Crippen LogP contribution in [0.4, 0.5) is 0 Å². The third kappa shape index (κ3) is 4.00. The zero-order chi connectivity index (χ0) is 14.8. The molecule has 0 aliphatic rings. The highest BCUT2D eigenvalue weighted by molar-refractivity contribution is 9.10. The van der Waals surface area contributed by atoms with Crippen LogP contribution in [0.1, 0.15) is 22.8 Å². The van der Waals surface area contributed by atoms with E-state index in [-0.39, 0.29) is 17.0 Å². The fourth-order valence-electron chi connectivity index (χ4n) is 1.36. The van der Waals surface area contributed by atoms with E-state index in [1.54, 1.807) is 6.92 Å². The van der Waals surface area contributed by atoms with Crippen molar-refractivity contribution in [3.63, 3.8) is 0 Å². The average molecular weight is 352 g/mol. The van der Waals surface area contributed by atoms with Gasteiger partial charge in [0, 0.05) is 11.0 Å². The average Bonchev–Trinajstić information content (AvgIpc) is 2.29. The van der Waals surface area contributed by atoms with Crippen LogP contribution >= 0.6 is 15.9 Å². The molecule has 1 atom stereocenters. The monoisotopic (exact) mass is 351 g/mol. The fourth-order valence-corrected chi connectivity index (χ4v) is 3.37. The Bertz CT molecular complexity index is 597. The summed E-state index contributed by atoms with van der Waals surface area (Å²) < 4.78 is 26.7. The number of rotatable bonds is 5. The number of carbonyl (C=O) groups is 1. The molecule has 0 aliphatic carbocycles. The zero-order valence-corrected chi connectivity index (χ0v) is 12.7. The SMILES string of the molecule is Cc1c(Br)cc(C(=O)O)cc1S(=O)(=O)NC[C@@H](C)O. The quantitative estimate of drug-likeness (QED) is 0.737. The van der Waals surface area contributed by atoms with Crippen LogP contribution in [0.5, 0.6) is 0 Å². The molecule has 0 amide bonds. The Morgan fingerprint density at radius 2 is 2.05 bits per heavy atom. The summed E-state index contributed by atoms with van der Waals surface area (Å²) in [4.78, 5) is 10.8. The summed E-state index contributed by atoms with van der Waals surface area (Å²) >= 11 is 3.13. The third-order valence-electron chi connectivity index (χ3n) is 2.40. The Morgan fingerprint density at radius 3 is 2.53 bits per heavy atom. The molecule has 1 aromatic carbocycles. The molecule has 0 fully saturated rings. The summed E-state index contributed by atoms with van der Waals surface area (Å²) in [5.74, 6) is -1.22. The number of carboxylic acids is 1. The Labute approximate surface area is 119 Å². The van der Waals surface area contributed by atoms with E-state index in [9.17, 15) is 13.2 Å². The molecule has 0 aromatic heterocycles. The Hall–Kier alpha value is -0.960. The van der Waals surface area contributed by atoms with Crippen LogP contribution in [0.2, 0.25) is 0 Å². The van der Waals surface area contributed by atoms with Gasteiger partial charge < -0.3 is 10.2 Å². The lowest BCUT2D eigenvalue weighted by Crippen LogP contribution is -2.31. The van der Waals surface area contributed by atoms with Crippen molar-refractivity contribution in [2.24, 2.45) is 0 Å². The number of hydrogen-bond acceptors (Lipinski definition) is 4. The molecule has 1 aromatic rings. The lowest BCUT2D eigenvalue weighted by Gasteiger charge is -2.12. The number of benzene rings is 1. The highest BCUT2D eigenvalue weighted by Gasteiger charge is 2.21. The molecule has 3 N–H and O–H groups in total. The summed E-state index contributed by atoms with van der Waals surface area (Å²) in [6.45, 7) is 2.86. The van der Waals surface area contributed by atoms with Gasteiger partial charge in [-0.1, -0.05) is 15.9 Å². The molecule has 8 heteroatoms. The van der Waals surface area contributed by atoms with Gasteiger partial charge in [0.2, 0.25) is 10.0 Å². The van der Waals surface area contributed by atoms with E-state index in [1.807, 2.05) is 0 Å². The van der Waals surface area contributed by atoms with Crippen LogP contribution < -0.4 is 4.72 Å². The van der Waals surface area contributed by atoms with Crippen LogP contribution in [0.25, 0.3) is 0 Å². The van der Waals surface area contributed by atoms with Crippen LogP contribution in [0.15, 0.2) is 21.5 Å². The van der Waals surface area contributed by atoms with Gasteiger partial charge in [-0.05, 0) is 31.5 Å². The van der Waals surface area contributed by atoms with Gasteiger partial charge in [-0.15, -0.1) is 0 Å². The molecule has 19 heavy (non-hydrogen) atoms. The number of halogens is 1.